The van der Waals surface area contributed by atoms with Gasteiger partial charge in [-0.05, 0) is 63.2 Å². The fraction of sp³-hybridized carbons (Fsp3) is 0.0930. The summed E-state index contributed by atoms with van der Waals surface area (Å²) in [5, 5.41) is 0. The number of amides is 1. The third-order valence-corrected chi connectivity index (χ3v) is 8.24. The molecule has 7 heteroatoms. The second-order valence-electron chi connectivity index (χ2n) is 11.6. The number of carbonyl (C=O) groups excluding carboxylic acids is 3. The zero-order valence-corrected chi connectivity index (χ0v) is 27.5. The summed E-state index contributed by atoms with van der Waals surface area (Å²) in [5.74, 6) is -0.559. The number of hydrogen-bond donors (Lipinski definition) is 0. The number of ether oxygens (including phenoxy) is 3. The lowest BCUT2D eigenvalue weighted by molar-refractivity contribution is -0.107. The number of benzene rings is 6. The monoisotopic (exact) mass is 661 g/mol. The molecule has 1 amide bonds. The van der Waals surface area contributed by atoms with Crippen LogP contribution in [-0.4, -0.2) is 25.5 Å². The van der Waals surface area contributed by atoms with E-state index in [4.69, 9.17) is 14.2 Å². The predicted molar refractivity (Wildman–Crippen MR) is 194 cm³/mol. The van der Waals surface area contributed by atoms with Crippen molar-refractivity contribution in [2.45, 2.75) is 19.8 Å². The molecule has 7 nitrogen and oxygen atoms in total. The summed E-state index contributed by atoms with van der Waals surface area (Å²) in [6.07, 6.45) is 0.769. The minimum Gasteiger partial charge on any atom is -0.488 e. The highest BCUT2D eigenvalue weighted by molar-refractivity contribution is 5.94. The molecule has 0 saturated heterocycles. The first-order valence-electron chi connectivity index (χ1n) is 16.1. The van der Waals surface area contributed by atoms with E-state index in [0.717, 1.165) is 45.4 Å². The number of anilines is 1. The van der Waals surface area contributed by atoms with Gasteiger partial charge in [-0.3, -0.25) is 4.79 Å². The average Bonchev–Trinajstić information content (AvgIpc) is 3.19. The van der Waals surface area contributed by atoms with E-state index in [1.54, 1.807) is 29.2 Å². The van der Waals surface area contributed by atoms with Crippen LogP contribution in [-0.2, 0) is 34.0 Å². The van der Waals surface area contributed by atoms with Gasteiger partial charge in [0, 0.05) is 11.8 Å². The highest BCUT2D eigenvalue weighted by atomic mass is 16.5. The molecule has 0 bridgehead atoms. The molecular weight excluding hydrogens is 626 g/mol. The van der Waals surface area contributed by atoms with Crippen LogP contribution in [0.1, 0.15) is 37.4 Å². The Morgan fingerprint density at radius 2 is 1.18 bits per heavy atom. The Balaban J connectivity index is 1.17. The average molecular weight is 662 g/mol. The number of esters is 2. The van der Waals surface area contributed by atoms with Gasteiger partial charge >= 0.3 is 11.9 Å². The fourth-order valence-corrected chi connectivity index (χ4v) is 5.50. The first kappa shape index (κ1) is 33.4. The van der Waals surface area contributed by atoms with Gasteiger partial charge in [-0.25, -0.2) is 9.59 Å². The number of hydrogen-bond acceptors (Lipinski definition) is 6. The molecule has 0 unspecified atom stereocenters. The first-order valence-corrected chi connectivity index (χ1v) is 16.1. The molecule has 248 valence electrons. The van der Waals surface area contributed by atoms with Gasteiger partial charge in [-0.1, -0.05) is 121 Å². The van der Waals surface area contributed by atoms with Gasteiger partial charge in [0.15, 0.2) is 0 Å². The Morgan fingerprint density at radius 1 is 0.580 bits per heavy atom. The van der Waals surface area contributed by atoms with Crippen LogP contribution in [0.15, 0.2) is 152 Å². The lowest BCUT2D eigenvalue weighted by Gasteiger charge is -2.20. The summed E-state index contributed by atoms with van der Waals surface area (Å²) in [6.45, 7) is 0.687. The quantitative estimate of drug-likeness (QED) is 0.0908. The highest BCUT2D eigenvalue weighted by Gasteiger charge is 2.18. The van der Waals surface area contributed by atoms with Crippen molar-refractivity contribution in [3.63, 3.8) is 0 Å². The van der Waals surface area contributed by atoms with Gasteiger partial charge in [0.05, 0.1) is 19.2 Å². The van der Waals surface area contributed by atoms with E-state index >= 15 is 0 Å². The Kier molecular flexibility index (Phi) is 10.8. The summed E-state index contributed by atoms with van der Waals surface area (Å²) in [5.41, 5.74) is 8.07. The van der Waals surface area contributed by atoms with Crippen LogP contribution in [0, 0.1) is 0 Å². The predicted octanol–water partition coefficient (Wildman–Crippen LogP) is 8.91. The van der Waals surface area contributed by atoms with Crippen molar-refractivity contribution in [2.75, 3.05) is 12.0 Å². The lowest BCUT2D eigenvalue weighted by Crippen LogP contribution is -2.20. The molecular formula is C43H35NO6. The smallest absolute Gasteiger partial charge is 0.342 e. The molecule has 6 aromatic rings. The summed E-state index contributed by atoms with van der Waals surface area (Å²) in [7, 11) is 1.37. The van der Waals surface area contributed by atoms with Gasteiger partial charge < -0.3 is 19.1 Å². The van der Waals surface area contributed by atoms with E-state index in [1.807, 2.05) is 127 Å². The molecule has 0 aliphatic carbocycles. The van der Waals surface area contributed by atoms with Crippen LogP contribution in [0.2, 0.25) is 0 Å². The van der Waals surface area contributed by atoms with Crippen LogP contribution < -0.4 is 9.64 Å². The molecule has 6 rings (SSSR count). The van der Waals surface area contributed by atoms with Gasteiger partial charge in [-0.15, -0.1) is 0 Å². The maximum absolute atomic E-state index is 13.2. The molecule has 0 radical (unpaired) electrons. The summed E-state index contributed by atoms with van der Waals surface area (Å²) in [6, 6.07) is 47.7. The Hall–Kier alpha value is -6.47. The van der Waals surface area contributed by atoms with Crippen LogP contribution in [0.5, 0.6) is 5.75 Å². The van der Waals surface area contributed by atoms with Crippen molar-refractivity contribution in [2.24, 2.45) is 0 Å². The second kappa shape index (κ2) is 16.1. The maximum Gasteiger partial charge on any atom is 0.342 e. The molecule has 0 atom stereocenters. The summed E-state index contributed by atoms with van der Waals surface area (Å²) < 4.78 is 16.6. The minimum atomic E-state index is -0.514. The molecule has 0 spiro atoms. The molecule has 50 heavy (non-hydrogen) atoms. The first-order chi connectivity index (χ1) is 24.5. The number of methoxy groups -OCH3 is 1. The van der Waals surface area contributed by atoms with Crippen molar-refractivity contribution in [3.8, 4) is 28.0 Å². The zero-order chi connectivity index (χ0) is 34.7. The van der Waals surface area contributed by atoms with Gasteiger partial charge in [-0.2, -0.15) is 0 Å². The maximum atomic E-state index is 13.2. The van der Waals surface area contributed by atoms with E-state index in [1.165, 1.54) is 7.11 Å². The van der Waals surface area contributed by atoms with Crippen LogP contribution >= 0.6 is 0 Å². The van der Waals surface area contributed by atoms with Crippen molar-refractivity contribution >= 4 is 24.0 Å². The zero-order valence-electron chi connectivity index (χ0n) is 27.5. The van der Waals surface area contributed by atoms with Crippen molar-refractivity contribution in [3.05, 3.63) is 179 Å². The van der Waals surface area contributed by atoms with E-state index in [-0.39, 0.29) is 24.7 Å². The van der Waals surface area contributed by atoms with Gasteiger partial charge in [0.2, 0.25) is 6.41 Å². The standard InChI is InChI=1S/C43H35NO6/c1-48-42(46)38-14-8-13-37(25-38)36-21-19-35(20-22-36)34-17-15-31(16-18-34)27-44(30-45)39-23-24-40(43(47)50-29-33-11-6-3-7-12-33)41(26-39)49-28-32-9-4-2-5-10-32/h2-26,30H,27-29H2,1H3. The largest absolute Gasteiger partial charge is 0.488 e. The molecule has 0 fully saturated rings. The van der Waals surface area contributed by atoms with Gasteiger partial charge in [0.1, 0.15) is 24.5 Å². The van der Waals surface area contributed by atoms with Crippen molar-refractivity contribution in [1.82, 2.24) is 0 Å². The topological polar surface area (TPSA) is 82.1 Å². The normalized spacial score (nSPS) is 10.6. The van der Waals surface area contributed by atoms with Crippen LogP contribution in [0.3, 0.4) is 0 Å². The number of rotatable bonds is 13. The molecule has 6 aromatic carbocycles. The van der Waals surface area contributed by atoms with Crippen LogP contribution in [0.25, 0.3) is 22.3 Å². The molecule has 0 N–H and O–H groups in total. The third kappa shape index (κ3) is 8.32. The van der Waals surface area contributed by atoms with Crippen molar-refractivity contribution in [1.29, 1.82) is 0 Å². The summed E-state index contributed by atoms with van der Waals surface area (Å²) in [4.78, 5) is 39.1. The molecule has 0 heterocycles. The van der Waals surface area contributed by atoms with Crippen LogP contribution in [0.4, 0.5) is 5.69 Å². The number of nitrogens with zero attached hydrogens (tertiary/aromatic N) is 1. The molecule has 0 aliphatic rings. The Morgan fingerprint density at radius 3 is 1.80 bits per heavy atom. The Bertz CT molecular complexity index is 2060. The minimum absolute atomic E-state index is 0.130. The second-order valence-corrected chi connectivity index (χ2v) is 11.6. The van der Waals surface area contributed by atoms with Crippen molar-refractivity contribution < 1.29 is 28.6 Å². The lowest BCUT2D eigenvalue weighted by atomic mass is 9.98. The Labute approximate surface area is 291 Å². The van der Waals surface area contributed by atoms with Gasteiger partial charge in [0.25, 0.3) is 0 Å². The SMILES string of the molecule is COC(=O)c1cccc(-c2ccc(-c3ccc(CN(C=O)c4ccc(C(=O)OCc5ccccc5)c(OCc5ccccc5)c4)cc3)cc2)c1. The molecule has 0 saturated carbocycles. The fourth-order valence-electron chi connectivity index (χ4n) is 5.50. The molecule has 0 aliphatic heterocycles. The highest BCUT2D eigenvalue weighted by Crippen LogP contribution is 2.30. The van der Waals surface area contributed by atoms with E-state index in [9.17, 15) is 14.4 Å². The van der Waals surface area contributed by atoms with E-state index in [2.05, 4.69) is 0 Å². The van der Waals surface area contributed by atoms with E-state index < -0.39 is 5.97 Å². The van der Waals surface area contributed by atoms with E-state index in [0.29, 0.717) is 23.5 Å². The number of carbonyl (C=O) groups is 3. The molecule has 0 aromatic heterocycles. The third-order valence-electron chi connectivity index (χ3n) is 8.24. The summed E-state index contributed by atoms with van der Waals surface area (Å²) >= 11 is 0.